The highest BCUT2D eigenvalue weighted by Crippen LogP contribution is 2.26. The first-order chi connectivity index (χ1) is 9.85. The molecule has 2 aromatic rings. The maximum absolute atomic E-state index is 12.4. The van der Waals surface area contributed by atoms with Crippen LogP contribution in [0.4, 0.5) is 0 Å². The van der Waals surface area contributed by atoms with E-state index in [1.54, 1.807) is 38.1 Å². The monoisotopic (exact) mass is 328 g/mol. The average molecular weight is 329 g/mol. The second-order valence-corrected chi connectivity index (χ2v) is 6.82. The lowest BCUT2D eigenvalue weighted by atomic mass is 10.2. The van der Waals surface area contributed by atoms with Crippen molar-refractivity contribution in [2.75, 3.05) is 0 Å². The van der Waals surface area contributed by atoms with Crippen LogP contribution in [0.3, 0.4) is 0 Å². The molecule has 2 rings (SSSR count). The molecular formula is C14H17ClN2O3S. The van der Waals surface area contributed by atoms with Crippen LogP contribution in [0, 0.1) is 13.8 Å². The third-order valence-electron chi connectivity index (χ3n) is 3.18. The van der Waals surface area contributed by atoms with Crippen LogP contribution < -0.4 is 10.5 Å². The fourth-order valence-corrected chi connectivity index (χ4v) is 3.75. The van der Waals surface area contributed by atoms with Crippen molar-refractivity contribution in [3.8, 4) is 0 Å². The smallest absolute Gasteiger partial charge is 0.244 e. The van der Waals surface area contributed by atoms with Crippen molar-refractivity contribution in [3.05, 3.63) is 51.9 Å². The van der Waals surface area contributed by atoms with Gasteiger partial charge < -0.3 is 10.2 Å². The highest BCUT2D eigenvalue weighted by Gasteiger charge is 2.25. The summed E-state index contributed by atoms with van der Waals surface area (Å²) in [5.74, 6) is 0.874. The second kappa shape index (κ2) is 6.19. The van der Waals surface area contributed by atoms with Crippen LogP contribution in [0.25, 0.3) is 0 Å². The summed E-state index contributed by atoms with van der Waals surface area (Å²) in [6, 6.07) is 6.96. The van der Waals surface area contributed by atoms with Gasteiger partial charge in [-0.3, -0.25) is 0 Å². The molecule has 1 heterocycles. The second-order valence-electron chi connectivity index (χ2n) is 4.68. The van der Waals surface area contributed by atoms with E-state index in [1.807, 2.05) is 0 Å². The Labute approximate surface area is 129 Å². The van der Waals surface area contributed by atoms with Gasteiger partial charge in [0.05, 0.1) is 0 Å². The van der Waals surface area contributed by atoms with Crippen LogP contribution in [-0.2, 0) is 23.1 Å². The molecule has 1 aromatic carbocycles. The third kappa shape index (κ3) is 3.47. The first-order valence-electron chi connectivity index (χ1n) is 6.38. The summed E-state index contributed by atoms with van der Waals surface area (Å²) in [6.45, 7) is 3.60. The highest BCUT2D eigenvalue weighted by molar-refractivity contribution is 7.89. The lowest BCUT2D eigenvalue weighted by Crippen LogP contribution is -2.25. The molecular weight excluding hydrogens is 312 g/mol. The van der Waals surface area contributed by atoms with E-state index in [0.717, 1.165) is 5.56 Å². The van der Waals surface area contributed by atoms with Gasteiger partial charge in [-0.1, -0.05) is 23.7 Å². The van der Waals surface area contributed by atoms with Crippen LogP contribution in [0.2, 0.25) is 5.02 Å². The zero-order valence-corrected chi connectivity index (χ0v) is 13.4. The predicted octanol–water partition coefficient (Wildman–Crippen LogP) is 2.49. The topological polar surface area (TPSA) is 85.3 Å². The van der Waals surface area contributed by atoms with E-state index in [9.17, 15) is 8.42 Å². The van der Waals surface area contributed by atoms with Gasteiger partial charge in [0.15, 0.2) is 0 Å². The summed E-state index contributed by atoms with van der Waals surface area (Å²) < 4.78 is 32.8. The minimum absolute atomic E-state index is 0.111. The van der Waals surface area contributed by atoms with Crippen molar-refractivity contribution in [3.63, 3.8) is 0 Å². The van der Waals surface area contributed by atoms with Gasteiger partial charge in [-0.25, -0.2) is 13.1 Å². The Kier molecular flexibility index (Phi) is 4.73. The first kappa shape index (κ1) is 16.0. The molecule has 0 aliphatic heterocycles. The lowest BCUT2D eigenvalue weighted by Gasteiger charge is -2.08. The molecule has 0 radical (unpaired) electrons. The maximum atomic E-state index is 12.4. The SMILES string of the molecule is Cc1oc(C)c(S(=O)(=O)NCc2ccc(Cl)cc2)c1CN. The van der Waals surface area contributed by atoms with Gasteiger partial charge in [0.25, 0.3) is 0 Å². The number of hydrogen-bond donors (Lipinski definition) is 2. The molecule has 0 amide bonds. The zero-order valence-electron chi connectivity index (χ0n) is 11.8. The van der Waals surface area contributed by atoms with Crippen molar-refractivity contribution < 1.29 is 12.8 Å². The molecule has 3 N–H and O–H groups in total. The Morgan fingerprint density at radius 3 is 2.38 bits per heavy atom. The van der Waals surface area contributed by atoms with Crippen molar-refractivity contribution in [2.24, 2.45) is 5.73 Å². The van der Waals surface area contributed by atoms with E-state index in [-0.39, 0.29) is 18.0 Å². The maximum Gasteiger partial charge on any atom is 0.244 e. The van der Waals surface area contributed by atoms with E-state index >= 15 is 0 Å². The Hall–Kier alpha value is -1.34. The van der Waals surface area contributed by atoms with Gasteiger partial charge >= 0.3 is 0 Å². The number of halogens is 1. The predicted molar refractivity (Wildman–Crippen MR) is 81.6 cm³/mol. The number of furan rings is 1. The van der Waals surface area contributed by atoms with Gasteiger partial charge in [0, 0.05) is 23.7 Å². The number of aryl methyl sites for hydroxylation is 2. The minimum atomic E-state index is -3.68. The first-order valence-corrected chi connectivity index (χ1v) is 8.24. The van der Waals surface area contributed by atoms with Crippen molar-refractivity contribution in [1.29, 1.82) is 0 Å². The molecule has 7 heteroatoms. The van der Waals surface area contributed by atoms with Gasteiger partial charge in [0.1, 0.15) is 16.4 Å². The highest BCUT2D eigenvalue weighted by atomic mass is 35.5. The van der Waals surface area contributed by atoms with E-state index in [2.05, 4.69) is 4.72 Å². The molecule has 21 heavy (non-hydrogen) atoms. The standard InChI is InChI=1S/C14H17ClN2O3S/c1-9-13(7-16)14(10(2)20-9)21(18,19)17-8-11-3-5-12(15)6-4-11/h3-6,17H,7-8,16H2,1-2H3. The van der Waals surface area contributed by atoms with Crippen molar-refractivity contribution in [2.45, 2.75) is 31.8 Å². The molecule has 0 aliphatic carbocycles. The number of hydrogen-bond acceptors (Lipinski definition) is 4. The Morgan fingerprint density at radius 1 is 1.19 bits per heavy atom. The quantitative estimate of drug-likeness (QED) is 0.883. The number of nitrogens with two attached hydrogens (primary N) is 1. The molecule has 0 fully saturated rings. The molecule has 5 nitrogen and oxygen atoms in total. The van der Waals surface area contributed by atoms with E-state index in [1.165, 1.54) is 0 Å². The van der Waals surface area contributed by atoms with E-state index < -0.39 is 10.0 Å². The summed E-state index contributed by atoms with van der Waals surface area (Å²) in [5.41, 5.74) is 6.94. The fourth-order valence-electron chi connectivity index (χ4n) is 2.15. The van der Waals surface area contributed by atoms with Gasteiger partial charge in [0.2, 0.25) is 10.0 Å². The Bertz CT molecular complexity index is 736. The summed E-state index contributed by atoms with van der Waals surface area (Å²) in [6.07, 6.45) is 0. The van der Waals surface area contributed by atoms with E-state index in [0.29, 0.717) is 22.1 Å². The number of nitrogens with one attached hydrogen (secondary N) is 1. The average Bonchev–Trinajstić information content (AvgIpc) is 2.73. The van der Waals surface area contributed by atoms with Gasteiger partial charge in [-0.15, -0.1) is 0 Å². The molecule has 0 unspecified atom stereocenters. The normalized spacial score (nSPS) is 11.8. The minimum Gasteiger partial charge on any atom is -0.465 e. The van der Waals surface area contributed by atoms with Crippen LogP contribution in [0.1, 0.15) is 22.6 Å². The fraction of sp³-hybridized carbons (Fsp3) is 0.286. The Morgan fingerprint density at radius 2 is 1.81 bits per heavy atom. The largest absolute Gasteiger partial charge is 0.465 e. The van der Waals surface area contributed by atoms with Crippen LogP contribution in [0.5, 0.6) is 0 Å². The summed E-state index contributed by atoms with van der Waals surface area (Å²) in [4.78, 5) is 0.136. The Balaban J connectivity index is 2.25. The third-order valence-corrected chi connectivity index (χ3v) is 5.03. The molecule has 0 atom stereocenters. The van der Waals surface area contributed by atoms with Crippen molar-refractivity contribution in [1.82, 2.24) is 4.72 Å². The van der Waals surface area contributed by atoms with Crippen LogP contribution in [0.15, 0.2) is 33.6 Å². The molecule has 0 aliphatic rings. The lowest BCUT2D eigenvalue weighted by molar-refractivity contribution is 0.494. The molecule has 114 valence electrons. The van der Waals surface area contributed by atoms with E-state index in [4.69, 9.17) is 21.8 Å². The zero-order chi connectivity index (χ0) is 15.6. The number of benzene rings is 1. The molecule has 0 spiro atoms. The molecule has 0 saturated carbocycles. The summed E-state index contributed by atoms with van der Waals surface area (Å²) in [5, 5.41) is 0.605. The molecule has 1 aromatic heterocycles. The molecule has 0 bridgehead atoms. The summed E-state index contributed by atoms with van der Waals surface area (Å²) in [7, 11) is -3.68. The van der Waals surface area contributed by atoms with Gasteiger partial charge in [-0.05, 0) is 31.5 Å². The van der Waals surface area contributed by atoms with Crippen LogP contribution >= 0.6 is 11.6 Å². The van der Waals surface area contributed by atoms with Gasteiger partial charge in [-0.2, -0.15) is 0 Å². The summed E-state index contributed by atoms with van der Waals surface area (Å²) >= 11 is 5.80. The van der Waals surface area contributed by atoms with Crippen LogP contribution in [-0.4, -0.2) is 8.42 Å². The van der Waals surface area contributed by atoms with Crippen molar-refractivity contribution >= 4 is 21.6 Å². The molecule has 0 saturated heterocycles. The number of rotatable bonds is 5. The number of sulfonamides is 1.